The summed E-state index contributed by atoms with van der Waals surface area (Å²) in [6, 6.07) is 11.2. The first-order valence-corrected chi connectivity index (χ1v) is 8.97. The van der Waals surface area contributed by atoms with Gasteiger partial charge < -0.3 is 24.9 Å². The Hall–Kier alpha value is -1.99. The molecule has 7 heteroatoms. The molecule has 0 saturated carbocycles. The molecule has 0 saturated heterocycles. The molecule has 0 bridgehead atoms. The maximum Gasteiger partial charge on any atom is 0.191 e. The Morgan fingerprint density at radius 3 is 2.84 bits per heavy atom. The van der Waals surface area contributed by atoms with E-state index in [1.165, 1.54) is 6.26 Å². The molecule has 2 rings (SSSR count). The number of nitrogens with one attached hydrogen (secondary N) is 2. The van der Waals surface area contributed by atoms with Gasteiger partial charge in [0.1, 0.15) is 23.7 Å². The zero-order valence-electron chi connectivity index (χ0n) is 14.5. The number of aliphatic imine (C=N–C) groups is 1. The Balaban J connectivity index is 1.83. The topological polar surface area (TPSA) is 79.0 Å². The molecule has 136 valence electrons. The van der Waals surface area contributed by atoms with Crippen molar-refractivity contribution < 1.29 is 14.3 Å². The van der Waals surface area contributed by atoms with Crippen LogP contribution in [0, 0.1) is 0 Å². The van der Waals surface area contributed by atoms with Crippen LogP contribution in [-0.4, -0.2) is 37.3 Å². The zero-order valence-corrected chi connectivity index (χ0v) is 16.0. The first kappa shape index (κ1) is 19.3. The van der Waals surface area contributed by atoms with Gasteiger partial charge in [0.25, 0.3) is 0 Å². The van der Waals surface area contributed by atoms with Gasteiger partial charge in [0, 0.05) is 11.0 Å². The predicted molar refractivity (Wildman–Crippen MR) is 102 cm³/mol. The van der Waals surface area contributed by atoms with Crippen molar-refractivity contribution in [3.63, 3.8) is 0 Å². The lowest BCUT2D eigenvalue weighted by atomic mass is 10.0. The van der Waals surface area contributed by atoms with Crippen molar-refractivity contribution in [3.8, 4) is 5.75 Å². The monoisotopic (exact) mass is 409 g/mol. The van der Waals surface area contributed by atoms with E-state index >= 15 is 0 Å². The van der Waals surface area contributed by atoms with Gasteiger partial charge in [0.2, 0.25) is 0 Å². The minimum absolute atomic E-state index is 0.183. The standard InChI is InChI=1S/C18H24BrN3O3/c1-3-20-17(22-13-18(2,23)16-8-5-10-25-16)21-9-11-24-15-7-4-6-14(19)12-15/h4-8,10,12,23H,3,9,11,13H2,1-2H3,(H2,20,21,22). The lowest BCUT2D eigenvalue weighted by Gasteiger charge is -2.19. The summed E-state index contributed by atoms with van der Waals surface area (Å²) in [6.07, 6.45) is 1.54. The Morgan fingerprint density at radius 1 is 1.32 bits per heavy atom. The molecule has 0 aliphatic rings. The van der Waals surface area contributed by atoms with E-state index in [2.05, 4.69) is 31.6 Å². The average Bonchev–Trinajstić information content (AvgIpc) is 3.12. The van der Waals surface area contributed by atoms with E-state index in [1.54, 1.807) is 19.1 Å². The van der Waals surface area contributed by atoms with Gasteiger partial charge in [-0.2, -0.15) is 0 Å². The van der Waals surface area contributed by atoms with E-state index in [9.17, 15) is 5.11 Å². The molecule has 0 amide bonds. The summed E-state index contributed by atoms with van der Waals surface area (Å²) in [5.74, 6) is 1.91. The van der Waals surface area contributed by atoms with E-state index < -0.39 is 5.60 Å². The minimum Gasteiger partial charge on any atom is -0.492 e. The van der Waals surface area contributed by atoms with Gasteiger partial charge in [-0.15, -0.1) is 0 Å². The van der Waals surface area contributed by atoms with Crippen LogP contribution in [0.5, 0.6) is 5.75 Å². The number of aliphatic hydroxyl groups is 1. The first-order chi connectivity index (χ1) is 12.0. The van der Waals surface area contributed by atoms with Crippen molar-refractivity contribution in [3.05, 3.63) is 52.9 Å². The van der Waals surface area contributed by atoms with Gasteiger partial charge in [-0.25, -0.2) is 4.99 Å². The molecule has 1 heterocycles. The highest BCUT2D eigenvalue weighted by molar-refractivity contribution is 9.10. The van der Waals surface area contributed by atoms with Crippen molar-refractivity contribution in [2.45, 2.75) is 19.4 Å². The number of benzene rings is 1. The highest BCUT2D eigenvalue weighted by atomic mass is 79.9. The fourth-order valence-electron chi connectivity index (χ4n) is 2.13. The van der Waals surface area contributed by atoms with Crippen LogP contribution in [0.4, 0.5) is 0 Å². The van der Waals surface area contributed by atoms with Gasteiger partial charge >= 0.3 is 0 Å². The lowest BCUT2D eigenvalue weighted by molar-refractivity contribution is 0.0437. The number of ether oxygens (including phenoxy) is 1. The van der Waals surface area contributed by atoms with E-state index in [-0.39, 0.29) is 6.54 Å². The van der Waals surface area contributed by atoms with Crippen LogP contribution >= 0.6 is 15.9 Å². The number of nitrogens with zero attached hydrogens (tertiary/aromatic N) is 1. The van der Waals surface area contributed by atoms with Gasteiger partial charge in [0.15, 0.2) is 5.96 Å². The molecule has 25 heavy (non-hydrogen) atoms. The Bertz CT molecular complexity index is 672. The fourth-order valence-corrected chi connectivity index (χ4v) is 2.51. The normalized spacial score (nSPS) is 14.0. The summed E-state index contributed by atoms with van der Waals surface area (Å²) in [5.41, 5.74) is -1.15. The first-order valence-electron chi connectivity index (χ1n) is 8.18. The minimum atomic E-state index is -1.15. The molecule has 2 aromatic rings. The molecule has 0 aliphatic heterocycles. The van der Waals surface area contributed by atoms with Crippen LogP contribution in [0.2, 0.25) is 0 Å². The largest absolute Gasteiger partial charge is 0.492 e. The van der Waals surface area contributed by atoms with Crippen LogP contribution in [0.15, 0.2) is 56.5 Å². The number of hydrogen-bond acceptors (Lipinski definition) is 4. The third-order valence-corrected chi connectivity index (χ3v) is 3.89. The van der Waals surface area contributed by atoms with Crippen molar-refractivity contribution >= 4 is 21.9 Å². The Morgan fingerprint density at radius 2 is 2.16 bits per heavy atom. The van der Waals surface area contributed by atoms with Gasteiger partial charge in [-0.1, -0.05) is 22.0 Å². The van der Waals surface area contributed by atoms with Gasteiger partial charge in [0.05, 0.1) is 19.4 Å². The number of hydrogen-bond donors (Lipinski definition) is 3. The molecule has 0 radical (unpaired) electrons. The molecule has 0 spiro atoms. The average molecular weight is 410 g/mol. The molecule has 1 unspecified atom stereocenters. The van der Waals surface area contributed by atoms with Crippen LogP contribution in [0.1, 0.15) is 19.6 Å². The van der Waals surface area contributed by atoms with Crippen molar-refractivity contribution in [1.82, 2.24) is 10.6 Å². The fraction of sp³-hybridized carbons (Fsp3) is 0.389. The summed E-state index contributed by atoms with van der Waals surface area (Å²) in [6.45, 7) is 5.65. The Kier molecular flexibility index (Phi) is 7.33. The number of guanidine groups is 1. The maximum atomic E-state index is 10.5. The van der Waals surface area contributed by atoms with E-state index in [0.29, 0.717) is 24.9 Å². The molecular formula is C18H24BrN3O3. The van der Waals surface area contributed by atoms with Crippen molar-refractivity contribution in [2.24, 2.45) is 4.99 Å². The van der Waals surface area contributed by atoms with Gasteiger partial charge in [-0.3, -0.25) is 0 Å². The third kappa shape index (κ3) is 6.43. The summed E-state index contributed by atoms with van der Waals surface area (Å²) in [5, 5.41) is 16.8. The predicted octanol–water partition coefficient (Wildman–Crippen LogP) is 2.88. The molecule has 0 aliphatic carbocycles. The summed E-state index contributed by atoms with van der Waals surface area (Å²) < 4.78 is 11.9. The summed E-state index contributed by atoms with van der Waals surface area (Å²) in [4.78, 5) is 4.42. The van der Waals surface area contributed by atoms with Gasteiger partial charge in [-0.05, 0) is 44.2 Å². The summed E-state index contributed by atoms with van der Waals surface area (Å²) in [7, 11) is 0. The number of halogens is 1. The van der Waals surface area contributed by atoms with Crippen LogP contribution < -0.4 is 15.4 Å². The van der Waals surface area contributed by atoms with E-state index in [4.69, 9.17) is 9.15 Å². The number of furan rings is 1. The quantitative estimate of drug-likeness (QED) is 0.354. The van der Waals surface area contributed by atoms with Crippen LogP contribution in [-0.2, 0) is 5.60 Å². The molecule has 1 aromatic heterocycles. The highest BCUT2D eigenvalue weighted by Gasteiger charge is 2.25. The highest BCUT2D eigenvalue weighted by Crippen LogP contribution is 2.21. The molecule has 1 atom stereocenters. The van der Waals surface area contributed by atoms with E-state index in [0.717, 1.165) is 16.8 Å². The second-order valence-electron chi connectivity index (χ2n) is 5.68. The lowest BCUT2D eigenvalue weighted by Crippen LogP contribution is -2.40. The van der Waals surface area contributed by atoms with Crippen LogP contribution in [0.3, 0.4) is 0 Å². The third-order valence-electron chi connectivity index (χ3n) is 3.40. The molecule has 0 fully saturated rings. The second-order valence-corrected chi connectivity index (χ2v) is 6.59. The molecule has 1 aromatic carbocycles. The SMILES string of the molecule is CCNC(=NCC(C)(O)c1ccco1)NCCOc1cccc(Br)c1. The van der Waals surface area contributed by atoms with E-state index in [1.807, 2.05) is 31.2 Å². The molecular weight excluding hydrogens is 386 g/mol. The van der Waals surface area contributed by atoms with Crippen LogP contribution in [0.25, 0.3) is 0 Å². The smallest absolute Gasteiger partial charge is 0.191 e. The molecule has 6 nitrogen and oxygen atoms in total. The molecule has 3 N–H and O–H groups in total. The van der Waals surface area contributed by atoms with Crippen molar-refractivity contribution in [1.29, 1.82) is 0 Å². The maximum absolute atomic E-state index is 10.5. The zero-order chi connectivity index (χ0) is 18.1. The summed E-state index contributed by atoms with van der Waals surface area (Å²) >= 11 is 3.41. The Labute approximate surface area is 156 Å². The number of rotatable bonds is 8. The second kappa shape index (κ2) is 9.48. The van der Waals surface area contributed by atoms with Crippen molar-refractivity contribution in [2.75, 3.05) is 26.2 Å².